The van der Waals surface area contributed by atoms with E-state index in [-0.39, 0.29) is 11.6 Å². The van der Waals surface area contributed by atoms with Gasteiger partial charge in [-0.1, -0.05) is 0 Å². The van der Waals surface area contributed by atoms with Crippen molar-refractivity contribution in [3.05, 3.63) is 52.2 Å². The second kappa shape index (κ2) is 7.11. The molecule has 1 saturated heterocycles. The number of hydrogen-bond donors (Lipinski definition) is 0. The second-order valence-electron chi connectivity index (χ2n) is 5.69. The van der Waals surface area contributed by atoms with Crippen LogP contribution in [0.4, 0.5) is 4.39 Å². The molecule has 2 heterocycles. The Morgan fingerprint density at radius 1 is 1.36 bits per heavy atom. The van der Waals surface area contributed by atoms with Crippen LogP contribution in [0.15, 0.2) is 35.8 Å². The number of piperidine rings is 1. The van der Waals surface area contributed by atoms with Crippen LogP contribution in [-0.2, 0) is 0 Å². The van der Waals surface area contributed by atoms with Crippen molar-refractivity contribution in [2.75, 3.05) is 19.6 Å². The Kier molecular flexibility index (Phi) is 4.95. The van der Waals surface area contributed by atoms with Gasteiger partial charge in [-0.25, -0.2) is 9.37 Å². The van der Waals surface area contributed by atoms with Gasteiger partial charge in [0, 0.05) is 42.6 Å². The van der Waals surface area contributed by atoms with Crippen LogP contribution >= 0.6 is 11.3 Å². The molecule has 0 spiro atoms. The van der Waals surface area contributed by atoms with Gasteiger partial charge in [0.1, 0.15) is 5.82 Å². The first-order chi connectivity index (χ1) is 10.7. The van der Waals surface area contributed by atoms with E-state index < -0.39 is 0 Å². The third kappa shape index (κ3) is 3.78. The molecule has 0 radical (unpaired) electrons. The molecular weight excluding hydrogens is 299 g/mol. The van der Waals surface area contributed by atoms with Gasteiger partial charge in [0.15, 0.2) is 5.78 Å². The molecule has 5 heteroatoms. The third-order valence-corrected chi connectivity index (χ3v) is 5.07. The van der Waals surface area contributed by atoms with E-state index in [0.29, 0.717) is 17.9 Å². The minimum Gasteiger partial charge on any atom is -0.302 e. The lowest BCUT2D eigenvalue weighted by molar-refractivity contribution is 0.0955. The predicted molar refractivity (Wildman–Crippen MR) is 85.9 cm³/mol. The maximum absolute atomic E-state index is 12.9. The van der Waals surface area contributed by atoms with Crippen molar-refractivity contribution in [3.63, 3.8) is 0 Å². The van der Waals surface area contributed by atoms with Gasteiger partial charge >= 0.3 is 0 Å². The van der Waals surface area contributed by atoms with Gasteiger partial charge in [-0.15, -0.1) is 11.3 Å². The van der Waals surface area contributed by atoms with Crippen molar-refractivity contribution in [1.29, 1.82) is 0 Å². The number of likely N-dealkylation sites (tertiary alicyclic amines) is 1. The van der Waals surface area contributed by atoms with Crippen LogP contribution in [0.1, 0.15) is 40.5 Å². The largest absolute Gasteiger partial charge is 0.302 e. The number of ketones is 1. The van der Waals surface area contributed by atoms with Crippen LogP contribution < -0.4 is 0 Å². The smallest absolute Gasteiger partial charge is 0.164 e. The summed E-state index contributed by atoms with van der Waals surface area (Å²) in [6.07, 6.45) is 4.66. The van der Waals surface area contributed by atoms with Gasteiger partial charge in [0.05, 0.1) is 5.01 Å². The molecule has 0 N–H and O–H groups in total. The molecule has 3 nitrogen and oxygen atoms in total. The number of halogens is 1. The van der Waals surface area contributed by atoms with Crippen molar-refractivity contribution in [2.45, 2.75) is 25.2 Å². The van der Waals surface area contributed by atoms with Crippen LogP contribution in [-0.4, -0.2) is 35.3 Å². The Morgan fingerprint density at radius 2 is 2.18 bits per heavy atom. The number of hydrogen-bond acceptors (Lipinski definition) is 4. The lowest BCUT2D eigenvalue weighted by Crippen LogP contribution is -2.35. The Morgan fingerprint density at radius 3 is 2.91 bits per heavy atom. The summed E-state index contributed by atoms with van der Waals surface area (Å²) in [5.74, 6) is 0.268. The minimum absolute atomic E-state index is 0.0800. The van der Waals surface area contributed by atoms with Crippen LogP contribution in [0.25, 0.3) is 0 Å². The minimum atomic E-state index is -0.307. The van der Waals surface area contributed by atoms with Crippen molar-refractivity contribution in [2.24, 2.45) is 0 Å². The highest BCUT2D eigenvalue weighted by molar-refractivity contribution is 7.09. The maximum atomic E-state index is 12.9. The number of aromatic nitrogens is 1. The summed E-state index contributed by atoms with van der Waals surface area (Å²) in [6.45, 7) is 2.78. The fourth-order valence-electron chi connectivity index (χ4n) is 2.94. The van der Waals surface area contributed by atoms with Gasteiger partial charge in [0.25, 0.3) is 0 Å². The molecule has 1 aliphatic rings. The molecule has 22 heavy (non-hydrogen) atoms. The first-order valence-electron chi connectivity index (χ1n) is 7.63. The van der Waals surface area contributed by atoms with Crippen LogP contribution in [0.5, 0.6) is 0 Å². The van der Waals surface area contributed by atoms with Gasteiger partial charge in [-0.05, 0) is 43.7 Å². The van der Waals surface area contributed by atoms with Crippen LogP contribution in [0.2, 0.25) is 0 Å². The van der Waals surface area contributed by atoms with Crippen molar-refractivity contribution in [3.8, 4) is 0 Å². The molecule has 116 valence electrons. The van der Waals surface area contributed by atoms with Gasteiger partial charge in [0.2, 0.25) is 0 Å². The number of nitrogens with zero attached hydrogens (tertiary/aromatic N) is 2. The molecule has 0 bridgehead atoms. The van der Waals surface area contributed by atoms with E-state index in [0.717, 1.165) is 26.1 Å². The van der Waals surface area contributed by atoms with Gasteiger partial charge in [-0.2, -0.15) is 0 Å². The number of rotatable bonds is 5. The Labute approximate surface area is 133 Å². The van der Waals surface area contributed by atoms with Crippen LogP contribution in [0, 0.1) is 5.82 Å². The molecule has 1 aromatic heterocycles. The quantitative estimate of drug-likeness (QED) is 0.788. The summed E-state index contributed by atoms with van der Waals surface area (Å²) in [7, 11) is 0. The highest BCUT2D eigenvalue weighted by atomic mass is 32.1. The average molecular weight is 318 g/mol. The van der Waals surface area contributed by atoms with Crippen molar-refractivity contribution in [1.82, 2.24) is 9.88 Å². The summed E-state index contributed by atoms with van der Waals surface area (Å²) in [5, 5.41) is 3.22. The lowest BCUT2D eigenvalue weighted by Gasteiger charge is -2.31. The topological polar surface area (TPSA) is 33.2 Å². The standard InChI is InChI=1S/C17H19FN2OS/c18-15-5-3-13(4-6-15)16(21)7-10-20-9-1-2-14(12-20)17-19-8-11-22-17/h3-6,8,11,14H,1-2,7,9-10,12H2. The predicted octanol–water partition coefficient (Wildman–Crippen LogP) is 3.73. The summed E-state index contributed by atoms with van der Waals surface area (Å²) in [5.41, 5.74) is 0.592. The average Bonchev–Trinajstić information content (AvgIpc) is 3.08. The molecule has 1 unspecified atom stereocenters. The highest BCUT2D eigenvalue weighted by Gasteiger charge is 2.23. The number of carbonyl (C=O) groups is 1. The van der Waals surface area contributed by atoms with E-state index >= 15 is 0 Å². The molecule has 1 aliphatic heterocycles. The van der Waals surface area contributed by atoms with E-state index in [2.05, 4.69) is 9.88 Å². The summed E-state index contributed by atoms with van der Waals surface area (Å²) in [4.78, 5) is 18.9. The van der Waals surface area contributed by atoms with E-state index in [1.54, 1.807) is 23.5 Å². The fraction of sp³-hybridized carbons (Fsp3) is 0.412. The first-order valence-corrected chi connectivity index (χ1v) is 8.51. The normalized spacial score (nSPS) is 19.2. The second-order valence-corrected chi connectivity index (χ2v) is 6.62. The summed E-state index contributed by atoms with van der Waals surface area (Å²) >= 11 is 1.71. The van der Waals surface area contributed by atoms with Crippen LogP contribution in [0.3, 0.4) is 0 Å². The molecule has 2 aromatic rings. The molecule has 0 amide bonds. The molecule has 3 rings (SSSR count). The first kappa shape index (κ1) is 15.3. The van der Waals surface area contributed by atoms with E-state index in [4.69, 9.17) is 0 Å². The number of Topliss-reactive ketones (excluding diaryl/α,β-unsaturated/α-hetero) is 1. The number of carbonyl (C=O) groups excluding carboxylic acids is 1. The van der Waals surface area contributed by atoms with E-state index in [1.165, 1.54) is 23.6 Å². The molecule has 0 aliphatic carbocycles. The molecule has 1 fully saturated rings. The molecule has 1 aromatic carbocycles. The summed E-state index contributed by atoms with van der Waals surface area (Å²) < 4.78 is 12.9. The molecule has 1 atom stereocenters. The van der Waals surface area contributed by atoms with E-state index in [9.17, 15) is 9.18 Å². The highest BCUT2D eigenvalue weighted by Crippen LogP contribution is 2.28. The molecular formula is C17H19FN2OS. The SMILES string of the molecule is O=C(CCN1CCCC(c2nccs2)C1)c1ccc(F)cc1. The third-order valence-electron chi connectivity index (χ3n) is 4.13. The van der Waals surface area contributed by atoms with E-state index in [1.807, 2.05) is 11.6 Å². The summed E-state index contributed by atoms with van der Waals surface area (Å²) in [6, 6.07) is 5.80. The van der Waals surface area contributed by atoms with Crippen molar-refractivity contribution >= 4 is 17.1 Å². The fourth-order valence-corrected chi connectivity index (χ4v) is 3.70. The number of benzene rings is 1. The Balaban J connectivity index is 1.52. The van der Waals surface area contributed by atoms with Gasteiger partial charge < -0.3 is 4.90 Å². The Bertz CT molecular complexity index is 612. The van der Waals surface area contributed by atoms with Gasteiger partial charge in [-0.3, -0.25) is 4.79 Å². The maximum Gasteiger partial charge on any atom is 0.164 e. The monoisotopic (exact) mass is 318 g/mol. The zero-order chi connectivity index (χ0) is 15.4. The Hall–Kier alpha value is -1.59. The zero-order valence-electron chi connectivity index (χ0n) is 12.4. The zero-order valence-corrected chi connectivity index (χ0v) is 13.2. The number of thiazole rings is 1. The lowest BCUT2D eigenvalue weighted by atomic mass is 9.98. The van der Waals surface area contributed by atoms with Crippen molar-refractivity contribution < 1.29 is 9.18 Å². The molecule has 0 saturated carbocycles.